The molecule has 1 aromatic rings. The van der Waals surface area contributed by atoms with Crippen LogP contribution in [-0.4, -0.2) is 13.1 Å². The van der Waals surface area contributed by atoms with E-state index in [9.17, 15) is 4.79 Å². The highest BCUT2D eigenvalue weighted by atomic mass is 16.5. The molecule has 0 fully saturated rings. The van der Waals surface area contributed by atoms with Crippen molar-refractivity contribution in [2.24, 2.45) is 0 Å². The summed E-state index contributed by atoms with van der Waals surface area (Å²) < 4.78 is 4.55. The van der Waals surface area contributed by atoms with Gasteiger partial charge in [0.2, 0.25) is 0 Å². The number of methoxy groups -OCH3 is 1. The van der Waals surface area contributed by atoms with Crippen LogP contribution in [0, 0.1) is 6.57 Å². The Balaban J connectivity index is 2.92. The van der Waals surface area contributed by atoms with Crippen LogP contribution in [0.25, 0.3) is 4.85 Å². The molecule has 1 rings (SSSR count). The van der Waals surface area contributed by atoms with Gasteiger partial charge in [-0.1, -0.05) is 42.8 Å². The van der Waals surface area contributed by atoms with Gasteiger partial charge in [0.05, 0.1) is 13.7 Å². The van der Waals surface area contributed by atoms with Gasteiger partial charge in [0.25, 0.3) is 5.70 Å². The highest BCUT2D eigenvalue weighted by Gasteiger charge is 2.13. The van der Waals surface area contributed by atoms with E-state index in [-0.39, 0.29) is 5.70 Å². The summed E-state index contributed by atoms with van der Waals surface area (Å²) in [4.78, 5) is 14.5. The molecule has 0 N–H and O–H groups in total. The first-order chi connectivity index (χ1) is 7.69. The number of hydrogen-bond donors (Lipinski definition) is 0. The maximum Gasteiger partial charge on any atom is 0.335 e. The molecule has 0 aliphatic carbocycles. The zero-order chi connectivity index (χ0) is 12.0. The summed E-state index contributed by atoms with van der Waals surface area (Å²) in [6.07, 6.45) is 0.591. The minimum atomic E-state index is -0.566. The monoisotopic (exact) mass is 215 g/mol. The fraction of sp³-hybridized carbons (Fsp3) is 0.231. The van der Waals surface area contributed by atoms with Crippen LogP contribution in [0.15, 0.2) is 41.6 Å². The van der Waals surface area contributed by atoms with E-state index in [2.05, 4.69) is 9.58 Å². The minimum Gasteiger partial charge on any atom is -0.474 e. The molecular weight excluding hydrogens is 202 g/mol. The first-order valence-corrected chi connectivity index (χ1v) is 4.88. The Morgan fingerprint density at radius 2 is 2.00 bits per heavy atom. The first kappa shape index (κ1) is 12.0. The van der Waals surface area contributed by atoms with Gasteiger partial charge < -0.3 is 4.74 Å². The Morgan fingerprint density at radius 3 is 2.50 bits per heavy atom. The van der Waals surface area contributed by atoms with E-state index in [0.29, 0.717) is 6.42 Å². The SMILES string of the molecule is [C-]#[N+]/C(C(=O)OC)=C(/C)Cc1ccccc1. The van der Waals surface area contributed by atoms with Crippen LogP contribution in [0.4, 0.5) is 0 Å². The lowest BCUT2D eigenvalue weighted by atomic mass is 10.1. The number of rotatable bonds is 3. The molecule has 0 unspecified atom stereocenters. The van der Waals surface area contributed by atoms with Gasteiger partial charge in [-0.3, -0.25) is 4.79 Å². The van der Waals surface area contributed by atoms with Crippen LogP contribution in [0.3, 0.4) is 0 Å². The van der Waals surface area contributed by atoms with Crippen LogP contribution >= 0.6 is 0 Å². The molecule has 0 aromatic heterocycles. The van der Waals surface area contributed by atoms with E-state index in [0.717, 1.165) is 11.1 Å². The zero-order valence-corrected chi connectivity index (χ0v) is 9.36. The summed E-state index contributed by atoms with van der Waals surface area (Å²) in [6, 6.07) is 9.71. The summed E-state index contributed by atoms with van der Waals surface area (Å²) >= 11 is 0. The van der Waals surface area contributed by atoms with Gasteiger partial charge in [0, 0.05) is 0 Å². The van der Waals surface area contributed by atoms with Gasteiger partial charge >= 0.3 is 5.97 Å². The van der Waals surface area contributed by atoms with Crippen molar-refractivity contribution in [2.75, 3.05) is 7.11 Å². The number of carbonyl (C=O) groups is 1. The fourth-order valence-corrected chi connectivity index (χ4v) is 1.40. The largest absolute Gasteiger partial charge is 0.474 e. The van der Waals surface area contributed by atoms with Crippen molar-refractivity contribution < 1.29 is 9.53 Å². The quantitative estimate of drug-likeness (QED) is 0.441. The van der Waals surface area contributed by atoms with Crippen molar-refractivity contribution in [3.63, 3.8) is 0 Å². The van der Waals surface area contributed by atoms with Crippen molar-refractivity contribution in [3.05, 3.63) is 58.6 Å². The number of nitrogens with zero attached hydrogens (tertiary/aromatic N) is 1. The predicted molar refractivity (Wildman–Crippen MR) is 61.5 cm³/mol. The highest BCUT2D eigenvalue weighted by molar-refractivity contribution is 5.91. The molecule has 0 radical (unpaired) electrons. The van der Waals surface area contributed by atoms with Gasteiger partial charge in [-0.05, 0) is 12.0 Å². The summed E-state index contributed by atoms with van der Waals surface area (Å²) in [7, 11) is 1.28. The number of allylic oxidation sites excluding steroid dienone is 1. The second-order valence-corrected chi connectivity index (χ2v) is 3.39. The van der Waals surface area contributed by atoms with E-state index < -0.39 is 5.97 Å². The average molecular weight is 215 g/mol. The van der Waals surface area contributed by atoms with Gasteiger partial charge in [-0.2, -0.15) is 0 Å². The van der Waals surface area contributed by atoms with E-state index in [1.165, 1.54) is 7.11 Å². The topological polar surface area (TPSA) is 30.7 Å². The molecule has 0 aliphatic rings. The molecule has 1 aromatic carbocycles. The second-order valence-electron chi connectivity index (χ2n) is 3.39. The van der Waals surface area contributed by atoms with Crippen LogP contribution in [0.2, 0.25) is 0 Å². The Morgan fingerprint density at radius 1 is 1.38 bits per heavy atom. The highest BCUT2D eigenvalue weighted by Crippen LogP contribution is 2.13. The van der Waals surface area contributed by atoms with E-state index in [1.54, 1.807) is 6.92 Å². The van der Waals surface area contributed by atoms with Crippen molar-refractivity contribution in [3.8, 4) is 0 Å². The molecule has 0 bridgehead atoms. The third-order valence-corrected chi connectivity index (χ3v) is 2.21. The lowest BCUT2D eigenvalue weighted by Gasteiger charge is -2.04. The van der Waals surface area contributed by atoms with E-state index in [1.807, 2.05) is 30.3 Å². The first-order valence-electron chi connectivity index (χ1n) is 4.88. The van der Waals surface area contributed by atoms with Crippen LogP contribution < -0.4 is 0 Å². The van der Waals surface area contributed by atoms with Crippen molar-refractivity contribution in [1.29, 1.82) is 0 Å². The fourth-order valence-electron chi connectivity index (χ4n) is 1.40. The van der Waals surface area contributed by atoms with Gasteiger partial charge in [0.15, 0.2) is 0 Å². The average Bonchev–Trinajstić information content (AvgIpc) is 2.31. The molecular formula is C13H13NO2. The van der Waals surface area contributed by atoms with E-state index in [4.69, 9.17) is 6.57 Å². The molecule has 3 nitrogen and oxygen atoms in total. The normalized spacial score (nSPS) is 11.3. The molecule has 82 valence electrons. The van der Waals surface area contributed by atoms with Crippen LogP contribution in [0.5, 0.6) is 0 Å². The number of ether oxygens (including phenoxy) is 1. The Bertz CT molecular complexity index is 441. The molecule has 0 amide bonds. The van der Waals surface area contributed by atoms with E-state index >= 15 is 0 Å². The second kappa shape index (κ2) is 5.72. The van der Waals surface area contributed by atoms with Gasteiger partial charge in [-0.25, -0.2) is 4.85 Å². The maximum absolute atomic E-state index is 11.3. The molecule has 0 spiro atoms. The van der Waals surface area contributed by atoms with Crippen molar-refractivity contribution in [1.82, 2.24) is 0 Å². The molecule has 0 heterocycles. The number of hydrogen-bond acceptors (Lipinski definition) is 2. The Kier molecular flexibility index (Phi) is 4.28. The molecule has 16 heavy (non-hydrogen) atoms. The predicted octanol–water partition coefficient (Wildman–Crippen LogP) is 2.60. The lowest BCUT2D eigenvalue weighted by molar-refractivity contribution is -0.135. The van der Waals surface area contributed by atoms with Crippen LogP contribution in [-0.2, 0) is 16.0 Å². The number of benzene rings is 1. The zero-order valence-electron chi connectivity index (χ0n) is 9.36. The Hall–Kier alpha value is -2.08. The number of esters is 1. The summed E-state index contributed by atoms with van der Waals surface area (Å²) in [5.74, 6) is -0.566. The standard InChI is InChI=1S/C13H13NO2/c1-10(12(14-2)13(15)16-3)9-11-7-5-4-6-8-11/h4-8H,9H2,1,3H3/b12-10-. The smallest absolute Gasteiger partial charge is 0.335 e. The molecule has 0 atom stereocenters. The Labute approximate surface area is 95.2 Å². The van der Waals surface area contributed by atoms with Gasteiger partial charge in [0.1, 0.15) is 0 Å². The minimum absolute atomic E-state index is 0.0753. The maximum atomic E-state index is 11.3. The van der Waals surface area contributed by atoms with Gasteiger partial charge in [-0.15, -0.1) is 0 Å². The molecule has 3 heteroatoms. The molecule has 0 saturated heterocycles. The summed E-state index contributed by atoms with van der Waals surface area (Å²) in [5, 5.41) is 0. The molecule has 0 aliphatic heterocycles. The summed E-state index contributed by atoms with van der Waals surface area (Å²) in [6.45, 7) is 8.73. The third-order valence-electron chi connectivity index (χ3n) is 2.21. The van der Waals surface area contributed by atoms with Crippen molar-refractivity contribution in [2.45, 2.75) is 13.3 Å². The van der Waals surface area contributed by atoms with Crippen molar-refractivity contribution >= 4 is 5.97 Å². The number of carbonyl (C=O) groups excluding carboxylic acids is 1. The molecule has 0 saturated carbocycles. The third kappa shape index (κ3) is 2.96. The summed E-state index contributed by atoms with van der Waals surface area (Å²) in [5.41, 5.74) is 1.88. The lowest BCUT2D eigenvalue weighted by Crippen LogP contribution is -2.05. The van der Waals surface area contributed by atoms with Crippen LogP contribution in [0.1, 0.15) is 12.5 Å².